The molecule has 0 saturated heterocycles. The fraction of sp³-hybridized carbons (Fsp3) is 0.0952. The summed E-state index contributed by atoms with van der Waals surface area (Å²) >= 11 is 0. The zero-order valence-corrected chi connectivity index (χ0v) is 13.8. The first-order valence-corrected chi connectivity index (χ1v) is 8.29. The van der Waals surface area contributed by atoms with Crippen molar-refractivity contribution in [3.05, 3.63) is 108 Å². The summed E-state index contributed by atoms with van der Waals surface area (Å²) in [5.74, 6) is 0.848. The molecule has 2 aromatic carbocycles. The van der Waals surface area contributed by atoms with Crippen LogP contribution in [0.4, 0.5) is 0 Å². The minimum absolute atomic E-state index is 0.752. The van der Waals surface area contributed by atoms with Crippen molar-refractivity contribution in [1.29, 1.82) is 0 Å². The lowest BCUT2D eigenvalue weighted by atomic mass is 10.0. The van der Waals surface area contributed by atoms with Crippen LogP contribution in [-0.4, -0.2) is 19.7 Å². The predicted octanol–water partition coefficient (Wildman–Crippen LogP) is 3.84. The van der Waals surface area contributed by atoms with Crippen LogP contribution in [0.3, 0.4) is 0 Å². The van der Waals surface area contributed by atoms with Gasteiger partial charge in [-0.3, -0.25) is 0 Å². The predicted molar refractivity (Wildman–Crippen MR) is 97.7 cm³/mol. The molecule has 0 spiro atoms. The summed E-state index contributed by atoms with van der Waals surface area (Å²) < 4.78 is 1.88. The molecule has 0 aliphatic carbocycles. The van der Waals surface area contributed by atoms with Gasteiger partial charge >= 0.3 is 0 Å². The summed E-state index contributed by atoms with van der Waals surface area (Å²) in [5.41, 5.74) is 4.86. The van der Waals surface area contributed by atoms with E-state index in [2.05, 4.69) is 63.6 Å². The highest BCUT2D eigenvalue weighted by Gasteiger charge is 2.03. The topological polar surface area (TPSA) is 43.6 Å². The lowest BCUT2D eigenvalue weighted by Gasteiger charge is -2.07. The van der Waals surface area contributed by atoms with Gasteiger partial charge in [0.05, 0.1) is 5.69 Å². The van der Waals surface area contributed by atoms with Crippen molar-refractivity contribution < 1.29 is 0 Å². The maximum absolute atomic E-state index is 4.31. The quantitative estimate of drug-likeness (QED) is 0.559. The van der Waals surface area contributed by atoms with E-state index in [1.165, 1.54) is 16.7 Å². The third kappa shape index (κ3) is 3.80. The maximum atomic E-state index is 4.31. The van der Waals surface area contributed by atoms with E-state index in [0.717, 1.165) is 24.4 Å². The Kier molecular flexibility index (Phi) is 4.33. The van der Waals surface area contributed by atoms with Crippen LogP contribution < -0.4 is 0 Å². The highest BCUT2D eigenvalue weighted by atomic mass is 15.3. The van der Waals surface area contributed by atoms with E-state index in [1.54, 1.807) is 18.6 Å². The number of hydrogen-bond donors (Lipinski definition) is 0. The van der Waals surface area contributed by atoms with Gasteiger partial charge in [-0.15, -0.1) is 0 Å². The van der Waals surface area contributed by atoms with Crippen LogP contribution in [0, 0.1) is 0 Å². The van der Waals surface area contributed by atoms with Gasteiger partial charge in [-0.2, -0.15) is 5.10 Å². The Balaban J connectivity index is 1.53. The summed E-state index contributed by atoms with van der Waals surface area (Å²) in [5, 5.41) is 4.30. The highest BCUT2D eigenvalue weighted by Crippen LogP contribution is 2.16. The Morgan fingerprint density at radius 1 is 0.680 bits per heavy atom. The van der Waals surface area contributed by atoms with Gasteiger partial charge < -0.3 is 0 Å². The number of benzene rings is 2. The molecule has 0 fully saturated rings. The first kappa shape index (κ1) is 15.3. The van der Waals surface area contributed by atoms with E-state index in [9.17, 15) is 0 Å². The third-order valence-electron chi connectivity index (χ3n) is 4.06. The second-order valence-electron chi connectivity index (χ2n) is 5.96. The molecule has 0 saturated carbocycles. The van der Waals surface area contributed by atoms with E-state index in [4.69, 9.17) is 0 Å². The lowest BCUT2D eigenvalue weighted by Crippen LogP contribution is -1.98. The monoisotopic (exact) mass is 326 g/mol. The molecule has 4 heteroatoms. The molecule has 4 rings (SSSR count). The summed E-state index contributed by atoms with van der Waals surface area (Å²) in [6, 6.07) is 20.9. The van der Waals surface area contributed by atoms with E-state index in [-0.39, 0.29) is 0 Å². The number of rotatable bonds is 5. The van der Waals surface area contributed by atoms with Gasteiger partial charge in [0.25, 0.3) is 0 Å². The SMILES string of the molecule is c1cnc(Cc2cccc(Cc3cccc(-n4cccn4)c3)c2)nc1. The molecule has 0 amide bonds. The largest absolute Gasteiger partial charge is 0.241 e. The number of aromatic nitrogens is 4. The van der Waals surface area contributed by atoms with Crippen LogP contribution in [0.5, 0.6) is 0 Å². The molecule has 0 aliphatic heterocycles. The molecule has 122 valence electrons. The molecular formula is C21H18N4. The van der Waals surface area contributed by atoms with Crippen molar-refractivity contribution in [3.63, 3.8) is 0 Å². The summed E-state index contributed by atoms with van der Waals surface area (Å²) in [4.78, 5) is 8.61. The zero-order chi connectivity index (χ0) is 16.9. The third-order valence-corrected chi connectivity index (χ3v) is 4.06. The van der Waals surface area contributed by atoms with Crippen molar-refractivity contribution in [2.45, 2.75) is 12.8 Å². The molecule has 0 aliphatic rings. The standard InChI is InChI=1S/C21H18N4/c1-5-17(14-19(6-1)16-21-22-9-3-10-23-21)13-18-7-2-8-20(15-18)25-12-4-11-24-25/h1-12,14-15H,13,16H2. The van der Waals surface area contributed by atoms with Crippen LogP contribution in [-0.2, 0) is 12.8 Å². The fourth-order valence-electron chi connectivity index (χ4n) is 2.92. The molecule has 0 unspecified atom stereocenters. The van der Waals surface area contributed by atoms with Crippen molar-refractivity contribution >= 4 is 0 Å². The van der Waals surface area contributed by atoms with Gasteiger partial charge in [-0.25, -0.2) is 14.6 Å². The summed E-state index contributed by atoms with van der Waals surface area (Å²) in [6.07, 6.45) is 8.96. The number of nitrogens with zero attached hydrogens (tertiary/aromatic N) is 4. The van der Waals surface area contributed by atoms with Gasteiger partial charge in [0.2, 0.25) is 0 Å². The summed E-state index contributed by atoms with van der Waals surface area (Å²) in [6.45, 7) is 0. The van der Waals surface area contributed by atoms with Crippen LogP contribution in [0.1, 0.15) is 22.5 Å². The molecule has 4 nitrogen and oxygen atoms in total. The summed E-state index contributed by atoms with van der Waals surface area (Å²) in [7, 11) is 0. The van der Waals surface area contributed by atoms with Crippen molar-refractivity contribution in [2.75, 3.05) is 0 Å². The van der Waals surface area contributed by atoms with Crippen molar-refractivity contribution in [2.24, 2.45) is 0 Å². The Morgan fingerprint density at radius 3 is 2.16 bits per heavy atom. The Bertz CT molecular complexity index is 947. The first-order valence-electron chi connectivity index (χ1n) is 8.29. The van der Waals surface area contributed by atoms with Crippen molar-refractivity contribution in [1.82, 2.24) is 19.7 Å². The van der Waals surface area contributed by atoms with E-state index in [1.807, 2.05) is 23.0 Å². The molecule has 0 atom stereocenters. The van der Waals surface area contributed by atoms with Crippen LogP contribution in [0.2, 0.25) is 0 Å². The number of hydrogen-bond acceptors (Lipinski definition) is 3. The van der Waals surface area contributed by atoms with Gasteiger partial charge in [-0.1, -0.05) is 36.4 Å². The van der Waals surface area contributed by atoms with E-state index in [0.29, 0.717) is 0 Å². The van der Waals surface area contributed by atoms with Crippen molar-refractivity contribution in [3.8, 4) is 5.69 Å². The van der Waals surface area contributed by atoms with Crippen LogP contribution >= 0.6 is 0 Å². The molecule has 0 radical (unpaired) electrons. The zero-order valence-electron chi connectivity index (χ0n) is 13.8. The van der Waals surface area contributed by atoms with Gasteiger partial charge in [0, 0.05) is 31.2 Å². The molecule has 0 bridgehead atoms. The minimum atomic E-state index is 0.752. The Labute approximate surface area is 146 Å². The van der Waals surface area contributed by atoms with E-state index >= 15 is 0 Å². The minimum Gasteiger partial charge on any atom is -0.241 e. The second kappa shape index (κ2) is 7.09. The van der Waals surface area contributed by atoms with Crippen LogP contribution in [0.25, 0.3) is 5.69 Å². The fourth-order valence-corrected chi connectivity index (χ4v) is 2.92. The van der Waals surface area contributed by atoms with Gasteiger partial charge in [-0.05, 0) is 47.4 Å². The first-order chi connectivity index (χ1) is 12.4. The molecule has 2 aromatic heterocycles. The van der Waals surface area contributed by atoms with Gasteiger partial charge in [0.15, 0.2) is 0 Å². The average molecular weight is 326 g/mol. The maximum Gasteiger partial charge on any atom is 0.132 e. The lowest BCUT2D eigenvalue weighted by molar-refractivity contribution is 0.878. The Hall–Kier alpha value is -3.27. The smallest absolute Gasteiger partial charge is 0.132 e. The average Bonchev–Trinajstić information content (AvgIpc) is 3.18. The van der Waals surface area contributed by atoms with E-state index < -0.39 is 0 Å². The highest BCUT2D eigenvalue weighted by molar-refractivity contribution is 5.38. The molecule has 2 heterocycles. The molecule has 0 N–H and O–H groups in total. The Morgan fingerprint density at radius 2 is 1.40 bits per heavy atom. The molecule has 4 aromatic rings. The molecule has 25 heavy (non-hydrogen) atoms. The normalized spacial score (nSPS) is 10.7. The molecular weight excluding hydrogens is 308 g/mol. The van der Waals surface area contributed by atoms with Crippen LogP contribution in [0.15, 0.2) is 85.5 Å². The second-order valence-corrected chi connectivity index (χ2v) is 5.96. The van der Waals surface area contributed by atoms with Gasteiger partial charge in [0.1, 0.15) is 5.82 Å².